The van der Waals surface area contributed by atoms with Crippen molar-refractivity contribution in [2.75, 3.05) is 5.32 Å². The summed E-state index contributed by atoms with van der Waals surface area (Å²) in [5.41, 5.74) is 5.40. The first kappa shape index (κ1) is 15.1. The van der Waals surface area contributed by atoms with Crippen molar-refractivity contribution in [1.29, 1.82) is 0 Å². The van der Waals surface area contributed by atoms with Gasteiger partial charge in [-0.05, 0) is 49.4 Å². The fraction of sp³-hybridized carbons (Fsp3) is 0.0476. The molecule has 1 N–H and O–H groups in total. The number of carbonyl (C=O) groups is 1. The number of para-hydroxylation sites is 1. The zero-order chi connectivity index (χ0) is 17.2. The van der Waals surface area contributed by atoms with Crippen LogP contribution in [0.3, 0.4) is 0 Å². The molecule has 4 heteroatoms. The van der Waals surface area contributed by atoms with Gasteiger partial charge in [-0.15, -0.1) is 0 Å². The SMILES string of the molecule is Cc1ccc(C(=O)Nc2ccc3c(c2)ncn3-c2ccccc2)cc1. The van der Waals surface area contributed by atoms with Crippen LogP contribution in [-0.4, -0.2) is 15.5 Å². The van der Waals surface area contributed by atoms with Crippen LogP contribution in [0.1, 0.15) is 15.9 Å². The molecule has 1 heterocycles. The number of nitrogens with one attached hydrogen (secondary N) is 1. The number of aryl methyl sites for hydroxylation is 1. The third kappa shape index (κ3) is 3.02. The van der Waals surface area contributed by atoms with Gasteiger partial charge in [0.15, 0.2) is 0 Å². The van der Waals surface area contributed by atoms with Crippen molar-refractivity contribution >= 4 is 22.6 Å². The third-order valence-corrected chi connectivity index (χ3v) is 4.15. The molecule has 0 aliphatic rings. The minimum Gasteiger partial charge on any atom is -0.322 e. The third-order valence-electron chi connectivity index (χ3n) is 4.15. The maximum absolute atomic E-state index is 12.4. The van der Waals surface area contributed by atoms with Gasteiger partial charge in [0.1, 0.15) is 6.33 Å². The second kappa shape index (κ2) is 6.24. The molecule has 4 rings (SSSR count). The largest absolute Gasteiger partial charge is 0.322 e. The summed E-state index contributed by atoms with van der Waals surface area (Å²) in [6.45, 7) is 2.00. The maximum Gasteiger partial charge on any atom is 0.255 e. The lowest BCUT2D eigenvalue weighted by Gasteiger charge is -2.07. The van der Waals surface area contributed by atoms with Gasteiger partial charge in [-0.3, -0.25) is 9.36 Å². The van der Waals surface area contributed by atoms with E-state index in [1.54, 1.807) is 6.33 Å². The van der Waals surface area contributed by atoms with Crippen molar-refractivity contribution in [2.45, 2.75) is 6.92 Å². The number of carbonyl (C=O) groups excluding carboxylic acids is 1. The summed E-state index contributed by atoms with van der Waals surface area (Å²) in [6, 6.07) is 23.3. The quantitative estimate of drug-likeness (QED) is 0.598. The lowest BCUT2D eigenvalue weighted by atomic mass is 10.1. The van der Waals surface area contributed by atoms with E-state index in [0.29, 0.717) is 5.56 Å². The molecule has 0 unspecified atom stereocenters. The van der Waals surface area contributed by atoms with Gasteiger partial charge in [-0.2, -0.15) is 0 Å². The molecule has 122 valence electrons. The highest BCUT2D eigenvalue weighted by atomic mass is 16.1. The molecular weight excluding hydrogens is 310 g/mol. The lowest BCUT2D eigenvalue weighted by molar-refractivity contribution is 0.102. The van der Waals surface area contributed by atoms with Gasteiger partial charge in [0, 0.05) is 16.9 Å². The minimum absolute atomic E-state index is 0.123. The molecule has 0 aliphatic carbocycles. The number of hydrogen-bond acceptors (Lipinski definition) is 2. The fourth-order valence-corrected chi connectivity index (χ4v) is 2.79. The van der Waals surface area contributed by atoms with E-state index in [1.807, 2.05) is 84.3 Å². The molecule has 25 heavy (non-hydrogen) atoms. The zero-order valence-corrected chi connectivity index (χ0v) is 13.8. The van der Waals surface area contributed by atoms with E-state index in [4.69, 9.17) is 0 Å². The van der Waals surface area contributed by atoms with Crippen LogP contribution in [0.25, 0.3) is 16.7 Å². The average Bonchev–Trinajstić information content (AvgIpc) is 3.06. The predicted molar refractivity (Wildman–Crippen MR) is 100 cm³/mol. The Morgan fingerprint density at radius 3 is 2.48 bits per heavy atom. The van der Waals surface area contributed by atoms with Gasteiger partial charge in [0.05, 0.1) is 11.0 Å². The standard InChI is InChI=1S/C21H17N3O/c1-15-7-9-16(10-8-15)21(25)23-17-11-12-20-19(13-17)22-14-24(20)18-5-3-2-4-6-18/h2-14H,1H3,(H,23,25). The molecule has 4 aromatic rings. The molecule has 0 radical (unpaired) electrons. The summed E-state index contributed by atoms with van der Waals surface area (Å²) >= 11 is 0. The lowest BCUT2D eigenvalue weighted by Crippen LogP contribution is -2.11. The Bertz CT molecular complexity index is 1030. The van der Waals surface area contributed by atoms with Crippen molar-refractivity contribution in [3.05, 3.63) is 90.3 Å². The Morgan fingerprint density at radius 1 is 0.960 bits per heavy atom. The van der Waals surface area contributed by atoms with Crippen LogP contribution in [0.15, 0.2) is 79.1 Å². The van der Waals surface area contributed by atoms with Crippen molar-refractivity contribution in [2.24, 2.45) is 0 Å². The number of fused-ring (bicyclic) bond motifs is 1. The topological polar surface area (TPSA) is 46.9 Å². The molecule has 1 amide bonds. The summed E-state index contributed by atoms with van der Waals surface area (Å²) in [5.74, 6) is -0.123. The van der Waals surface area contributed by atoms with Crippen molar-refractivity contribution in [3.63, 3.8) is 0 Å². The van der Waals surface area contributed by atoms with Crippen LogP contribution >= 0.6 is 0 Å². The summed E-state index contributed by atoms with van der Waals surface area (Å²) < 4.78 is 2.03. The molecule has 0 bridgehead atoms. The maximum atomic E-state index is 12.4. The Morgan fingerprint density at radius 2 is 1.72 bits per heavy atom. The van der Waals surface area contributed by atoms with Gasteiger partial charge in [0.25, 0.3) is 5.91 Å². The number of rotatable bonds is 3. The molecule has 0 aliphatic heterocycles. The van der Waals surface area contributed by atoms with Crippen molar-refractivity contribution in [1.82, 2.24) is 9.55 Å². The van der Waals surface area contributed by atoms with Crippen molar-refractivity contribution < 1.29 is 4.79 Å². The second-order valence-electron chi connectivity index (χ2n) is 5.97. The van der Waals surface area contributed by atoms with Crippen LogP contribution < -0.4 is 5.32 Å². The predicted octanol–water partition coefficient (Wildman–Crippen LogP) is 4.59. The molecule has 0 atom stereocenters. The van der Waals surface area contributed by atoms with Crippen LogP contribution in [-0.2, 0) is 0 Å². The number of hydrogen-bond donors (Lipinski definition) is 1. The Balaban J connectivity index is 1.62. The van der Waals surface area contributed by atoms with Crippen molar-refractivity contribution in [3.8, 4) is 5.69 Å². The van der Waals surface area contributed by atoms with Crippen LogP contribution in [0.5, 0.6) is 0 Å². The molecule has 0 saturated carbocycles. The Hall–Kier alpha value is -3.40. The molecule has 0 saturated heterocycles. The number of imidazole rings is 1. The van der Waals surface area contributed by atoms with Gasteiger partial charge < -0.3 is 5.32 Å². The van der Waals surface area contributed by atoms with Gasteiger partial charge in [-0.1, -0.05) is 35.9 Å². The number of amides is 1. The summed E-state index contributed by atoms with van der Waals surface area (Å²) in [5, 5.41) is 2.93. The molecule has 3 aromatic carbocycles. The number of aromatic nitrogens is 2. The zero-order valence-electron chi connectivity index (χ0n) is 13.8. The molecule has 1 aromatic heterocycles. The van der Waals surface area contributed by atoms with E-state index in [2.05, 4.69) is 10.3 Å². The van der Waals surface area contributed by atoms with Crippen LogP contribution in [0, 0.1) is 6.92 Å². The number of nitrogens with zero attached hydrogens (tertiary/aromatic N) is 2. The minimum atomic E-state index is -0.123. The van der Waals surface area contributed by atoms with Gasteiger partial charge in [-0.25, -0.2) is 4.98 Å². The van der Waals surface area contributed by atoms with E-state index in [9.17, 15) is 4.79 Å². The normalized spacial score (nSPS) is 10.8. The monoisotopic (exact) mass is 327 g/mol. The Kier molecular flexibility index (Phi) is 3.78. The molecule has 4 nitrogen and oxygen atoms in total. The van der Waals surface area contributed by atoms with E-state index in [-0.39, 0.29) is 5.91 Å². The van der Waals surface area contributed by atoms with Crippen LogP contribution in [0.4, 0.5) is 5.69 Å². The second-order valence-corrected chi connectivity index (χ2v) is 5.97. The van der Waals surface area contributed by atoms with E-state index >= 15 is 0 Å². The van der Waals surface area contributed by atoms with Crippen LogP contribution in [0.2, 0.25) is 0 Å². The molecule has 0 spiro atoms. The summed E-state index contributed by atoms with van der Waals surface area (Å²) in [4.78, 5) is 16.8. The summed E-state index contributed by atoms with van der Waals surface area (Å²) in [6.07, 6.45) is 1.80. The fourth-order valence-electron chi connectivity index (χ4n) is 2.79. The Labute approximate surface area is 145 Å². The smallest absolute Gasteiger partial charge is 0.255 e. The number of benzene rings is 3. The average molecular weight is 327 g/mol. The molecular formula is C21H17N3O. The summed E-state index contributed by atoms with van der Waals surface area (Å²) in [7, 11) is 0. The first-order valence-electron chi connectivity index (χ1n) is 8.11. The number of anilines is 1. The molecule has 0 fully saturated rings. The van der Waals surface area contributed by atoms with Gasteiger partial charge in [0.2, 0.25) is 0 Å². The first-order chi connectivity index (χ1) is 12.2. The first-order valence-corrected chi connectivity index (χ1v) is 8.11. The van der Waals surface area contributed by atoms with E-state index < -0.39 is 0 Å². The van der Waals surface area contributed by atoms with E-state index in [1.165, 1.54) is 0 Å². The van der Waals surface area contributed by atoms with E-state index in [0.717, 1.165) is 28.0 Å². The highest BCUT2D eigenvalue weighted by molar-refractivity contribution is 6.05. The van der Waals surface area contributed by atoms with Gasteiger partial charge >= 0.3 is 0 Å². The highest BCUT2D eigenvalue weighted by Gasteiger charge is 2.09. The highest BCUT2D eigenvalue weighted by Crippen LogP contribution is 2.22.